The fourth-order valence-corrected chi connectivity index (χ4v) is 4.97. The standard InChI is InChI=1S/2C7H17P.2HI/c1-6(2)8-7(3,4)5;1-4-5-6-8-7(2)3;;/h6,8H,1-5H3;7-8H,4-6H2,1-3H3;2*1H. The van der Waals surface area contributed by atoms with Crippen LogP contribution >= 0.6 is 17.2 Å². The molecule has 0 aliphatic rings. The van der Waals surface area contributed by atoms with Crippen LogP contribution in [0, 0.1) is 0 Å². The highest BCUT2D eigenvalue weighted by Crippen LogP contribution is 2.34. The minimum absolute atomic E-state index is 0. The van der Waals surface area contributed by atoms with Crippen LogP contribution in [-0.4, -0.2) is 22.6 Å². The first-order chi connectivity index (χ1) is 7.19. The Morgan fingerprint density at radius 1 is 0.889 bits per heavy atom. The molecule has 2 unspecified atom stereocenters. The van der Waals surface area contributed by atoms with E-state index in [2.05, 4.69) is 55.4 Å². The number of unbranched alkanes of at least 4 members (excludes halogenated alkanes) is 1. The van der Waals surface area contributed by atoms with Gasteiger partial charge in [0.1, 0.15) is 0 Å². The summed E-state index contributed by atoms with van der Waals surface area (Å²) in [4.78, 5) is 0. The van der Waals surface area contributed by atoms with E-state index in [1.54, 1.807) is 0 Å². The summed E-state index contributed by atoms with van der Waals surface area (Å²) in [5.41, 5.74) is 1.91. The molecule has 18 heavy (non-hydrogen) atoms. The van der Waals surface area contributed by atoms with Gasteiger partial charge in [0.15, 0.2) is 0 Å². The minimum Gasteiger partial charge on any atom is -1.00 e. The predicted molar refractivity (Wildman–Crippen MR) is 89.2 cm³/mol. The molecule has 0 N–H and O–H groups in total. The van der Waals surface area contributed by atoms with Crippen molar-refractivity contribution in [3.05, 3.63) is 0 Å². The molecule has 0 heterocycles. The van der Waals surface area contributed by atoms with E-state index in [0.717, 1.165) is 19.9 Å². The quantitative estimate of drug-likeness (QED) is 0.254. The molecule has 0 aromatic heterocycles. The molecule has 0 fully saturated rings. The van der Waals surface area contributed by atoms with Gasteiger partial charge in [0.05, 0.1) is 22.6 Å². The number of hydrogen-bond acceptors (Lipinski definition) is 0. The Bertz CT molecular complexity index is 143. The molecule has 2 atom stereocenters. The van der Waals surface area contributed by atoms with Crippen molar-refractivity contribution in [1.29, 1.82) is 0 Å². The summed E-state index contributed by atoms with van der Waals surface area (Å²) in [5, 5.41) is 0.605. The maximum atomic E-state index is 2.32. The first kappa shape index (κ1) is 28.5. The zero-order chi connectivity index (χ0) is 13.2. The topological polar surface area (TPSA) is 0 Å². The lowest BCUT2D eigenvalue weighted by molar-refractivity contribution is -0.00100. The second-order valence-electron chi connectivity index (χ2n) is 6.40. The molecule has 0 aliphatic carbocycles. The molecular formula is C14H36I2P2. The average molecular weight is 520 g/mol. The number of halogens is 2. The lowest BCUT2D eigenvalue weighted by Gasteiger charge is -2.12. The molecule has 0 aromatic carbocycles. The van der Waals surface area contributed by atoms with Crippen molar-refractivity contribution in [2.45, 2.75) is 84.7 Å². The van der Waals surface area contributed by atoms with Crippen LogP contribution < -0.4 is 48.0 Å². The fraction of sp³-hybridized carbons (Fsp3) is 1.00. The molecule has 0 rings (SSSR count). The summed E-state index contributed by atoms with van der Waals surface area (Å²) in [6, 6.07) is 0. The Hall–Kier alpha value is 2.32. The highest BCUT2D eigenvalue weighted by atomic mass is 127. The van der Waals surface area contributed by atoms with Crippen LogP contribution in [-0.2, 0) is 0 Å². The third kappa shape index (κ3) is 36.2. The Kier molecular flexibility index (Phi) is 27.5. The van der Waals surface area contributed by atoms with E-state index in [1.807, 2.05) is 0 Å². The largest absolute Gasteiger partial charge is 1.00 e. The summed E-state index contributed by atoms with van der Waals surface area (Å²) >= 11 is 0. The number of rotatable bonds is 5. The Balaban J connectivity index is -0.0000000980. The average Bonchev–Trinajstić information content (AvgIpc) is 2.00. The first-order valence-electron chi connectivity index (χ1n) is 6.88. The Labute approximate surface area is 155 Å². The van der Waals surface area contributed by atoms with Gasteiger partial charge < -0.3 is 48.0 Å². The molecule has 4 heteroatoms. The molecular weight excluding hydrogens is 484 g/mol. The van der Waals surface area contributed by atoms with Crippen LogP contribution in [0.2, 0.25) is 0 Å². The third-order valence-electron chi connectivity index (χ3n) is 2.03. The van der Waals surface area contributed by atoms with Gasteiger partial charge >= 0.3 is 0 Å². The smallest absolute Gasteiger partial charge is 0.0673 e. The molecule has 0 bridgehead atoms. The van der Waals surface area contributed by atoms with Gasteiger partial charge in [0.2, 0.25) is 0 Å². The van der Waals surface area contributed by atoms with Crippen LogP contribution in [0.3, 0.4) is 0 Å². The monoisotopic (exact) mass is 520 g/mol. The van der Waals surface area contributed by atoms with Gasteiger partial charge in [-0.2, -0.15) is 0 Å². The van der Waals surface area contributed by atoms with Gasteiger partial charge in [-0.3, -0.25) is 0 Å². The highest BCUT2D eigenvalue weighted by molar-refractivity contribution is 7.40. The van der Waals surface area contributed by atoms with E-state index in [-0.39, 0.29) is 48.0 Å². The van der Waals surface area contributed by atoms with Gasteiger partial charge in [-0.1, -0.05) is 13.3 Å². The lowest BCUT2D eigenvalue weighted by atomic mass is 10.3. The summed E-state index contributed by atoms with van der Waals surface area (Å²) in [5.74, 6) is 0. The van der Waals surface area contributed by atoms with Crippen molar-refractivity contribution in [2.24, 2.45) is 0 Å². The van der Waals surface area contributed by atoms with Crippen molar-refractivity contribution in [3.8, 4) is 0 Å². The van der Waals surface area contributed by atoms with Crippen LogP contribution in [0.25, 0.3) is 0 Å². The van der Waals surface area contributed by atoms with Crippen molar-refractivity contribution in [3.63, 3.8) is 0 Å². The van der Waals surface area contributed by atoms with Crippen molar-refractivity contribution < 1.29 is 48.0 Å². The van der Waals surface area contributed by atoms with E-state index >= 15 is 0 Å². The van der Waals surface area contributed by atoms with E-state index in [0.29, 0.717) is 13.7 Å². The van der Waals surface area contributed by atoms with Crippen LogP contribution in [0.15, 0.2) is 0 Å². The molecule has 0 nitrogen and oxygen atoms in total. The van der Waals surface area contributed by atoms with Crippen LogP contribution in [0.4, 0.5) is 0 Å². The van der Waals surface area contributed by atoms with Crippen molar-refractivity contribution >= 4 is 17.2 Å². The van der Waals surface area contributed by atoms with Gasteiger partial charge in [0, 0.05) is 0 Å². The SMILES string of the molecule is CC(C)[PH2+]C(C)(C)C.CCCC[PH2+]C(C)C.[I-].[I-]. The summed E-state index contributed by atoms with van der Waals surface area (Å²) in [6.45, 7) is 18.5. The first-order valence-corrected chi connectivity index (χ1v) is 9.61. The molecule has 0 radical (unpaired) electrons. The molecule has 0 aromatic rings. The molecule has 0 spiro atoms. The Morgan fingerprint density at radius 2 is 1.33 bits per heavy atom. The van der Waals surface area contributed by atoms with Gasteiger partial charge in [0.25, 0.3) is 0 Å². The van der Waals surface area contributed by atoms with E-state index in [4.69, 9.17) is 0 Å². The Morgan fingerprint density at radius 3 is 1.50 bits per heavy atom. The second-order valence-corrected chi connectivity index (χ2v) is 12.2. The normalized spacial score (nSPS) is 11.7. The summed E-state index contributed by atoms with van der Waals surface area (Å²) < 4.78 is 0. The van der Waals surface area contributed by atoms with Gasteiger partial charge in [-0.05, 0) is 72.0 Å². The van der Waals surface area contributed by atoms with E-state index in [1.165, 1.54) is 19.0 Å². The lowest BCUT2D eigenvalue weighted by Crippen LogP contribution is -3.00. The molecule has 116 valence electrons. The van der Waals surface area contributed by atoms with E-state index < -0.39 is 0 Å². The zero-order valence-corrected chi connectivity index (χ0v) is 20.3. The third-order valence-corrected chi connectivity index (χ3v) is 5.38. The zero-order valence-electron chi connectivity index (χ0n) is 13.7. The minimum atomic E-state index is 0. The molecule has 0 saturated carbocycles. The summed E-state index contributed by atoms with van der Waals surface area (Å²) in [7, 11) is 1.41. The van der Waals surface area contributed by atoms with E-state index in [9.17, 15) is 0 Å². The molecule has 0 amide bonds. The maximum absolute atomic E-state index is 2.32. The summed E-state index contributed by atoms with van der Waals surface area (Å²) in [6.07, 6.45) is 4.33. The molecule has 0 aliphatic heterocycles. The fourth-order valence-electron chi connectivity index (χ4n) is 1.66. The maximum Gasteiger partial charge on any atom is 0.0673 e. The number of hydrogen-bond donors (Lipinski definition) is 0. The predicted octanol–water partition coefficient (Wildman–Crippen LogP) is -0.782. The van der Waals surface area contributed by atoms with Crippen LogP contribution in [0.1, 0.15) is 68.2 Å². The van der Waals surface area contributed by atoms with Gasteiger partial charge in [-0.25, -0.2) is 0 Å². The highest BCUT2D eigenvalue weighted by Gasteiger charge is 2.18. The van der Waals surface area contributed by atoms with Gasteiger partial charge in [-0.15, -0.1) is 0 Å². The van der Waals surface area contributed by atoms with Crippen LogP contribution in [0.5, 0.6) is 0 Å². The molecule has 0 saturated heterocycles. The second kappa shape index (κ2) is 17.4. The van der Waals surface area contributed by atoms with Crippen molar-refractivity contribution in [1.82, 2.24) is 0 Å². The van der Waals surface area contributed by atoms with Crippen molar-refractivity contribution in [2.75, 3.05) is 6.16 Å².